The van der Waals surface area contributed by atoms with E-state index in [1.54, 1.807) is 0 Å². The van der Waals surface area contributed by atoms with E-state index in [1.807, 2.05) is 0 Å². The summed E-state index contributed by atoms with van der Waals surface area (Å²) in [5, 5.41) is 10.2. The molecule has 0 heterocycles. The van der Waals surface area contributed by atoms with Gasteiger partial charge in [-0.1, -0.05) is 26.7 Å². The lowest BCUT2D eigenvalue weighted by molar-refractivity contribution is -0.0249. The van der Waals surface area contributed by atoms with Gasteiger partial charge in [0.25, 0.3) is 0 Å². The molecule has 2 aliphatic rings. The van der Waals surface area contributed by atoms with Crippen LogP contribution in [0.2, 0.25) is 0 Å². The molecule has 0 aromatic carbocycles. The van der Waals surface area contributed by atoms with E-state index in [0.717, 1.165) is 12.8 Å². The summed E-state index contributed by atoms with van der Waals surface area (Å²) in [6, 6.07) is 0. The van der Waals surface area contributed by atoms with Crippen molar-refractivity contribution < 1.29 is 5.11 Å². The van der Waals surface area contributed by atoms with Crippen LogP contribution in [0, 0.1) is 35.5 Å². The minimum atomic E-state index is -0.792. The average Bonchev–Trinajstić information content (AvgIpc) is 2.51. The number of terminal acetylenes is 1. The molecule has 2 fully saturated rings. The predicted molar refractivity (Wildman–Crippen MR) is 52.9 cm³/mol. The van der Waals surface area contributed by atoms with Crippen molar-refractivity contribution in [3.8, 4) is 12.3 Å². The molecule has 2 aliphatic carbocycles. The Bertz CT molecular complexity index is 269. The van der Waals surface area contributed by atoms with Crippen molar-refractivity contribution in [3.63, 3.8) is 0 Å². The van der Waals surface area contributed by atoms with Gasteiger partial charge in [-0.3, -0.25) is 0 Å². The van der Waals surface area contributed by atoms with Crippen molar-refractivity contribution in [3.05, 3.63) is 0 Å². The van der Waals surface area contributed by atoms with Gasteiger partial charge >= 0.3 is 0 Å². The molecule has 0 aromatic rings. The Morgan fingerprint density at radius 1 is 1.46 bits per heavy atom. The summed E-state index contributed by atoms with van der Waals surface area (Å²) in [4.78, 5) is 0. The van der Waals surface area contributed by atoms with Gasteiger partial charge in [0.1, 0.15) is 5.60 Å². The molecule has 2 bridgehead atoms. The number of rotatable bonds is 0. The van der Waals surface area contributed by atoms with E-state index in [0.29, 0.717) is 23.2 Å². The first-order chi connectivity index (χ1) is 5.92. The summed E-state index contributed by atoms with van der Waals surface area (Å²) >= 11 is 0. The van der Waals surface area contributed by atoms with E-state index >= 15 is 0 Å². The number of fused-ring (bicyclic) bond motifs is 2. The molecule has 2 rings (SSSR count). The summed E-state index contributed by atoms with van der Waals surface area (Å²) in [5.74, 6) is 4.09. The van der Waals surface area contributed by atoms with Gasteiger partial charge < -0.3 is 5.11 Å². The van der Waals surface area contributed by atoms with Gasteiger partial charge in [0, 0.05) is 5.92 Å². The highest BCUT2D eigenvalue weighted by atomic mass is 16.3. The zero-order valence-corrected chi connectivity index (χ0v) is 8.67. The van der Waals surface area contributed by atoms with Gasteiger partial charge in [0.2, 0.25) is 0 Å². The smallest absolute Gasteiger partial charge is 0.128 e. The summed E-state index contributed by atoms with van der Waals surface area (Å²) < 4.78 is 0. The Morgan fingerprint density at radius 2 is 2.08 bits per heavy atom. The second kappa shape index (κ2) is 2.30. The highest BCUT2D eigenvalue weighted by Crippen LogP contribution is 2.62. The van der Waals surface area contributed by atoms with Crippen LogP contribution in [-0.2, 0) is 0 Å². The van der Waals surface area contributed by atoms with Crippen molar-refractivity contribution >= 4 is 0 Å². The first-order valence-corrected chi connectivity index (χ1v) is 5.12. The van der Waals surface area contributed by atoms with Gasteiger partial charge in [-0.25, -0.2) is 0 Å². The number of hydrogen-bond acceptors (Lipinski definition) is 1. The largest absolute Gasteiger partial charge is 0.377 e. The first-order valence-electron chi connectivity index (χ1n) is 5.12. The van der Waals surface area contributed by atoms with E-state index in [4.69, 9.17) is 6.42 Å². The highest BCUT2D eigenvalue weighted by Gasteiger charge is 2.60. The molecule has 0 aromatic heterocycles. The molecule has 1 heteroatoms. The zero-order valence-electron chi connectivity index (χ0n) is 8.67. The molecule has 0 aliphatic heterocycles. The average molecular weight is 178 g/mol. The standard InChI is InChI=1S/C12H18O/c1-5-12(13)7-9-6-10(12)8(2)11(9,3)4/h1,8-10,13H,6-7H2,2-4H3/t8-,9-,10-,12-/m1/s1. The maximum Gasteiger partial charge on any atom is 0.128 e. The Balaban J connectivity index is 2.33. The van der Waals surface area contributed by atoms with Gasteiger partial charge in [-0.2, -0.15) is 0 Å². The SMILES string of the molecule is C#C[C@@]1(O)C[C@H]2C[C@@H]1[C@@H](C)C2(C)C. The van der Waals surface area contributed by atoms with E-state index in [1.165, 1.54) is 0 Å². The van der Waals surface area contributed by atoms with E-state index < -0.39 is 5.60 Å². The monoisotopic (exact) mass is 178 g/mol. The molecule has 0 amide bonds. The van der Waals surface area contributed by atoms with Crippen LogP contribution in [0.15, 0.2) is 0 Å². The molecule has 1 N–H and O–H groups in total. The lowest BCUT2D eigenvalue weighted by atomic mass is 9.65. The Morgan fingerprint density at radius 3 is 2.46 bits per heavy atom. The fraction of sp³-hybridized carbons (Fsp3) is 0.833. The van der Waals surface area contributed by atoms with Gasteiger partial charge in [-0.15, -0.1) is 6.42 Å². The van der Waals surface area contributed by atoms with Gasteiger partial charge in [0.05, 0.1) is 0 Å². The molecule has 2 saturated carbocycles. The Kier molecular flexibility index (Phi) is 1.61. The second-order valence-electron chi connectivity index (χ2n) is 5.42. The topological polar surface area (TPSA) is 20.2 Å². The van der Waals surface area contributed by atoms with Crippen LogP contribution in [0.25, 0.3) is 0 Å². The van der Waals surface area contributed by atoms with Crippen LogP contribution in [-0.4, -0.2) is 10.7 Å². The van der Waals surface area contributed by atoms with Gasteiger partial charge in [-0.05, 0) is 30.1 Å². The molecule has 0 radical (unpaired) electrons. The lowest BCUT2D eigenvalue weighted by Gasteiger charge is -2.42. The molecular weight excluding hydrogens is 160 g/mol. The van der Waals surface area contributed by atoms with Crippen molar-refractivity contribution in [2.75, 3.05) is 0 Å². The minimum absolute atomic E-state index is 0.331. The normalized spacial score (nSPS) is 52.1. The van der Waals surface area contributed by atoms with E-state index in [2.05, 4.69) is 26.7 Å². The molecule has 13 heavy (non-hydrogen) atoms. The zero-order chi connectivity index (χ0) is 9.85. The van der Waals surface area contributed by atoms with Crippen molar-refractivity contribution in [2.24, 2.45) is 23.2 Å². The summed E-state index contributed by atoms with van der Waals surface area (Å²) in [6.07, 6.45) is 7.34. The third kappa shape index (κ3) is 0.929. The third-order valence-corrected chi connectivity index (χ3v) is 4.79. The molecular formula is C12H18O. The van der Waals surface area contributed by atoms with Crippen LogP contribution in [0.5, 0.6) is 0 Å². The van der Waals surface area contributed by atoms with E-state index in [9.17, 15) is 5.11 Å². The molecule has 0 spiro atoms. The van der Waals surface area contributed by atoms with Crippen molar-refractivity contribution in [1.29, 1.82) is 0 Å². The Hall–Kier alpha value is -0.480. The summed E-state index contributed by atoms with van der Waals surface area (Å²) in [5.41, 5.74) is -0.423. The maximum atomic E-state index is 10.2. The molecule has 4 atom stereocenters. The Labute approximate surface area is 80.5 Å². The summed E-state index contributed by atoms with van der Waals surface area (Å²) in [7, 11) is 0. The fourth-order valence-electron chi connectivity index (χ4n) is 3.35. The molecule has 1 nitrogen and oxygen atoms in total. The van der Waals surface area contributed by atoms with Crippen LogP contribution in [0.3, 0.4) is 0 Å². The molecule has 72 valence electrons. The van der Waals surface area contributed by atoms with E-state index in [-0.39, 0.29) is 0 Å². The highest BCUT2D eigenvalue weighted by molar-refractivity contribution is 5.21. The third-order valence-electron chi connectivity index (χ3n) is 4.79. The number of aliphatic hydroxyl groups is 1. The van der Waals surface area contributed by atoms with Crippen LogP contribution in [0.4, 0.5) is 0 Å². The predicted octanol–water partition coefficient (Wildman–Crippen LogP) is 2.05. The molecule has 0 unspecified atom stereocenters. The van der Waals surface area contributed by atoms with Crippen LogP contribution in [0.1, 0.15) is 33.6 Å². The summed E-state index contributed by atoms with van der Waals surface area (Å²) in [6.45, 7) is 6.84. The lowest BCUT2D eigenvalue weighted by Crippen LogP contribution is -2.43. The van der Waals surface area contributed by atoms with Crippen LogP contribution < -0.4 is 0 Å². The second-order valence-corrected chi connectivity index (χ2v) is 5.42. The van der Waals surface area contributed by atoms with Crippen molar-refractivity contribution in [1.82, 2.24) is 0 Å². The maximum absolute atomic E-state index is 10.2. The first kappa shape index (κ1) is 9.09. The van der Waals surface area contributed by atoms with Crippen molar-refractivity contribution in [2.45, 2.75) is 39.2 Å². The fourth-order valence-corrected chi connectivity index (χ4v) is 3.35. The van der Waals surface area contributed by atoms with Crippen LogP contribution >= 0.6 is 0 Å². The minimum Gasteiger partial charge on any atom is -0.377 e. The van der Waals surface area contributed by atoms with Gasteiger partial charge in [0.15, 0.2) is 0 Å². The quantitative estimate of drug-likeness (QED) is 0.563. The number of hydrogen-bond donors (Lipinski definition) is 1. The molecule has 0 saturated heterocycles.